The highest BCUT2D eigenvalue weighted by Crippen LogP contribution is 2.64. The Labute approximate surface area is 93.4 Å². The summed E-state index contributed by atoms with van der Waals surface area (Å²) in [4.78, 5) is 12.0. The number of rotatable bonds is 4. The van der Waals surface area contributed by atoms with Crippen molar-refractivity contribution in [1.29, 1.82) is 0 Å². The molecule has 86 valence electrons. The first kappa shape index (κ1) is 11.4. The molecule has 0 amide bonds. The van der Waals surface area contributed by atoms with Crippen LogP contribution >= 0.6 is 12.0 Å². The fourth-order valence-electron chi connectivity index (χ4n) is 3.25. The highest BCUT2D eigenvalue weighted by Gasteiger charge is 2.63. The van der Waals surface area contributed by atoms with E-state index in [0.29, 0.717) is 23.9 Å². The zero-order valence-corrected chi connectivity index (χ0v) is 9.80. The van der Waals surface area contributed by atoms with Gasteiger partial charge >= 0.3 is 0 Å². The molecule has 0 heterocycles. The van der Waals surface area contributed by atoms with Crippen molar-refractivity contribution < 1.29 is 19.4 Å². The van der Waals surface area contributed by atoms with E-state index >= 15 is 0 Å². The van der Waals surface area contributed by atoms with E-state index in [1.54, 1.807) is 0 Å². The summed E-state index contributed by atoms with van der Waals surface area (Å²) in [5.41, 5.74) is -0.225. The predicted octanol–water partition coefficient (Wildman–Crippen LogP) is 2.45. The molecule has 1 unspecified atom stereocenters. The summed E-state index contributed by atoms with van der Waals surface area (Å²) >= 11 is 1.01. The molecule has 0 aromatic heterocycles. The van der Waals surface area contributed by atoms with Crippen LogP contribution in [0.2, 0.25) is 0 Å². The first-order valence-corrected chi connectivity index (χ1v) is 6.09. The lowest BCUT2D eigenvalue weighted by atomic mass is 9.70. The van der Waals surface area contributed by atoms with E-state index in [4.69, 9.17) is 5.26 Å². The molecule has 1 N–H and O–H groups in total. The van der Waals surface area contributed by atoms with Gasteiger partial charge in [0.15, 0.2) is 0 Å². The number of hydrogen-bond donors (Lipinski definition) is 1. The lowest BCUT2D eigenvalue weighted by molar-refractivity contribution is -0.432. The molecule has 2 fully saturated rings. The van der Waals surface area contributed by atoms with E-state index < -0.39 is 0 Å². The van der Waals surface area contributed by atoms with Gasteiger partial charge in [0, 0.05) is 29.6 Å². The van der Waals surface area contributed by atoms with Gasteiger partial charge in [0.25, 0.3) is 0 Å². The van der Waals surface area contributed by atoms with Gasteiger partial charge in [-0.1, -0.05) is 18.9 Å². The maximum atomic E-state index is 12.0. The molecule has 2 aliphatic carbocycles. The van der Waals surface area contributed by atoms with Crippen LogP contribution in [-0.4, -0.2) is 16.8 Å². The molecule has 0 spiro atoms. The van der Waals surface area contributed by atoms with Crippen LogP contribution < -0.4 is 0 Å². The topological polar surface area (TPSA) is 55.8 Å². The second-order valence-electron chi connectivity index (χ2n) is 5.07. The Morgan fingerprint density at radius 1 is 1.60 bits per heavy atom. The van der Waals surface area contributed by atoms with Gasteiger partial charge in [-0.25, -0.2) is 5.26 Å². The minimum atomic E-state index is -0.277. The van der Waals surface area contributed by atoms with Crippen molar-refractivity contribution >= 4 is 17.8 Å². The third-order valence-electron chi connectivity index (χ3n) is 4.52. The Kier molecular flexibility index (Phi) is 2.83. The van der Waals surface area contributed by atoms with Crippen molar-refractivity contribution in [2.75, 3.05) is 5.75 Å². The van der Waals surface area contributed by atoms with Gasteiger partial charge in [-0.3, -0.25) is 4.79 Å². The van der Waals surface area contributed by atoms with Crippen molar-refractivity contribution in [2.45, 2.75) is 33.1 Å². The van der Waals surface area contributed by atoms with Gasteiger partial charge < -0.3 is 0 Å². The summed E-state index contributed by atoms with van der Waals surface area (Å²) in [6.45, 7) is 4.33. The molecule has 2 rings (SSSR count). The highest BCUT2D eigenvalue weighted by molar-refractivity contribution is 7.94. The van der Waals surface area contributed by atoms with Crippen molar-refractivity contribution in [3.8, 4) is 0 Å². The number of carbonyl (C=O) groups is 1. The number of fused-ring (bicyclic) bond motifs is 2. The highest BCUT2D eigenvalue weighted by atomic mass is 32.2. The van der Waals surface area contributed by atoms with Crippen LogP contribution in [0.1, 0.15) is 33.1 Å². The van der Waals surface area contributed by atoms with E-state index in [0.717, 1.165) is 24.9 Å². The molecule has 2 atom stereocenters. The van der Waals surface area contributed by atoms with E-state index in [2.05, 4.69) is 23.2 Å². The van der Waals surface area contributed by atoms with Crippen LogP contribution in [0.15, 0.2) is 0 Å². The standard InChI is InChI=1S/C10H16O4S/c1-9(2)7-3-4-10(9,8(11)5-7)6-15-14-13-12/h7,12H,3-6H2,1-2H3/t7?,10-/m0/s1. The van der Waals surface area contributed by atoms with Crippen LogP contribution in [0.4, 0.5) is 0 Å². The number of Topliss-reactive ketones (excluding diaryl/α,β-unsaturated/α-hetero) is 1. The van der Waals surface area contributed by atoms with Gasteiger partial charge in [-0.15, -0.1) is 4.33 Å². The normalized spacial score (nSPS) is 37.5. The van der Waals surface area contributed by atoms with Crippen molar-refractivity contribution in [1.82, 2.24) is 0 Å². The number of hydrogen-bond acceptors (Lipinski definition) is 5. The summed E-state index contributed by atoms with van der Waals surface area (Å²) < 4.78 is 4.40. The largest absolute Gasteiger partial charge is 0.299 e. The third-order valence-corrected chi connectivity index (χ3v) is 5.29. The zero-order chi connectivity index (χ0) is 11.1. The predicted molar refractivity (Wildman–Crippen MR) is 55.8 cm³/mol. The Hall–Kier alpha value is -0.100. The SMILES string of the molecule is CC1(C)C2CC[C@]1(CSOOO)C(=O)C2. The molecule has 15 heavy (non-hydrogen) atoms. The van der Waals surface area contributed by atoms with Gasteiger partial charge in [0.05, 0.1) is 0 Å². The fourth-order valence-corrected chi connectivity index (χ4v) is 4.22. The van der Waals surface area contributed by atoms with E-state index in [-0.39, 0.29) is 10.8 Å². The Morgan fingerprint density at radius 2 is 2.33 bits per heavy atom. The second kappa shape index (κ2) is 3.73. The smallest absolute Gasteiger partial charge is 0.140 e. The average molecular weight is 232 g/mol. The maximum absolute atomic E-state index is 12.0. The molecule has 5 heteroatoms. The number of carbonyl (C=O) groups excluding carboxylic acids is 1. The van der Waals surface area contributed by atoms with Gasteiger partial charge in [-0.2, -0.15) is 0 Å². The Balaban J connectivity index is 2.13. The first-order valence-electron chi connectivity index (χ1n) is 5.17. The summed E-state index contributed by atoms with van der Waals surface area (Å²) in [7, 11) is 0. The van der Waals surface area contributed by atoms with E-state index in [9.17, 15) is 4.79 Å². The summed E-state index contributed by atoms with van der Waals surface area (Å²) in [5, 5.41) is 11.6. The first-order chi connectivity index (χ1) is 7.04. The molecule has 4 nitrogen and oxygen atoms in total. The summed E-state index contributed by atoms with van der Waals surface area (Å²) in [6, 6.07) is 0. The van der Waals surface area contributed by atoms with Gasteiger partial charge in [-0.05, 0) is 24.2 Å². The molecule has 2 aliphatic rings. The lowest BCUT2D eigenvalue weighted by Gasteiger charge is -2.35. The quantitative estimate of drug-likeness (QED) is 0.349. The van der Waals surface area contributed by atoms with Gasteiger partial charge in [0.1, 0.15) is 5.78 Å². The molecule has 0 aromatic rings. The van der Waals surface area contributed by atoms with Crippen molar-refractivity contribution in [2.24, 2.45) is 16.7 Å². The lowest BCUT2D eigenvalue weighted by Crippen LogP contribution is -2.38. The molecular formula is C10H16O4S. The van der Waals surface area contributed by atoms with Crippen LogP contribution in [-0.2, 0) is 14.2 Å². The molecule has 0 aliphatic heterocycles. The second-order valence-corrected chi connectivity index (χ2v) is 5.73. The van der Waals surface area contributed by atoms with E-state index in [1.807, 2.05) is 0 Å². The Morgan fingerprint density at radius 3 is 2.80 bits per heavy atom. The molecule has 0 aromatic carbocycles. The zero-order valence-electron chi connectivity index (χ0n) is 8.99. The Bertz CT molecular complexity index is 279. The molecule has 0 saturated heterocycles. The third kappa shape index (κ3) is 1.45. The molecule has 0 radical (unpaired) electrons. The maximum Gasteiger partial charge on any atom is 0.140 e. The monoisotopic (exact) mass is 232 g/mol. The average Bonchev–Trinajstić information content (AvgIpc) is 2.52. The molecule has 2 bridgehead atoms. The summed E-state index contributed by atoms with van der Waals surface area (Å²) in [6.07, 6.45) is 2.76. The van der Waals surface area contributed by atoms with Crippen LogP contribution in [0, 0.1) is 16.7 Å². The summed E-state index contributed by atoms with van der Waals surface area (Å²) in [5.74, 6) is 1.43. The number of ketones is 1. The van der Waals surface area contributed by atoms with Crippen molar-refractivity contribution in [3.63, 3.8) is 0 Å². The minimum absolute atomic E-state index is 0.0515. The minimum Gasteiger partial charge on any atom is -0.299 e. The van der Waals surface area contributed by atoms with Gasteiger partial charge in [0.2, 0.25) is 0 Å². The molecular weight excluding hydrogens is 216 g/mol. The fraction of sp³-hybridized carbons (Fsp3) is 0.900. The molecule has 2 saturated carbocycles. The van der Waals surface area contributed by atoms with Crippen LogP contribution in [0.5, 0.6) is 0 Å². The van der Waals surface area contributed by atoms with Crippen LogP contribution in [0.3, 0.4) is 0 Å². The van der Waals surface area contributed by atoms with E-state index in [1.165, 1.54) is 0 Å². The van der Waals surface area contributed by atoms with Crippen LogP contribution in [0.25, 0.3) is 0 Å². The van der Waals surface area contributed by atoms with Crippen molar-refractivity contribution in [3.05, 3.63) is 0 Å².